The van der Waals surface area contributed by atoms with Gasteiger partial charge in [0.05, 0.1) is 29.7 Å². The number of thioether (sulfide) groups is 1. The van der Waals surface area contributed by atoms with Crippen molar-refractivity contribution in [2.45, 2.75) is 33.1 Å². The Morgan fingerprint density at radius 1 is 1.10 bits per heavy atom. The highest BCUT2D eigenvalue weighted by molar-refractivity contribution is 8.18. The van der Waals surface area contributed by atoms with Gasteiger partial charge in [0.2, 0.25) is 0 Å². The van der Waals surface area contributed by atoms with Gasteiger partial charge >= 0.3 is 5.97 Å². The molecule has 0 radical (unpaired) electrons. The molecule has 0 unspecified atom stereocenters. The molecule has 2 aromatic carbocycles. The van der Waals surface area contributed by atoms with Gasteiger partial charge in [0, 0.05) is 30.4 Å². The molecule has 1 amide bonds. The molecule has 2 aliphatic heterocycles. The molecule has 202 valence electrons. The minimum Gasteiger partial charge on any atom is -0.494 e. The van der Waals surface area contributed by atoms with Crippen molar-refractivity contribution in [3.63, 3.8) is 0 Å². The SMILES string of the molecule is CCCOc1cccc(-c2nn(-c3ccccc3)cc2C=C2SC(N3CCC(C(=O)OCC)CC3)=NC2=O)c1. The van der Waals surface area contributed by atoms with E-state index in [2.05, 4.69) is 16.8 Å². The lowest BCUT2D eigenvalue weighted by atomic mass is 9.97. The van der Waals surface area contributed by atoms with Gasteiger partial charge in [0.25, 0.3) is 5.91 Å². The van der Waals surface area contributed by atoms with Crippen LogP contribution in [0.25, 0.3) is 23.0 Å². The molecule has 39 heavy (non-hydrogen) atoms. The number of amides is 1. The van der Waals surface area contributed by atoms with Crippen LogP contribution >= 0.6 is 11.8 Å². The molecule has 3 aromatic rings. The fourth-order valence-corrected chi connectivity index (χ4v) is 5.58. The molecule has 5 rings (SSSR count). The lowest BCUT2D eigenvalue weighted by Crippen LogP contribution is -2.39. The summed E-state index contributed by atoms with van der Waals surface area (Å²) in [4.78, 5) is 32.0. The normalized spacial score (nSPS) is 17.0. The second-order valence-corrected chi connectivity index (χ2v) is 10.4. The van der Waals surface area contributed by atoms with E-state index in [4.69, 9.17) is 14.6 Å². The van der Waals surface area contributed by atoms with E-state index in [0.29, 0.717) is 49.2 Å². The summed E-state index contributed by atoms with van der Waals surface area (Å²) in [6.07, 6.45) is 6.11. The smallest absolute Gasteiger partial charge is 0.309 e. The number of para-hydroxylation sites is 1. The number of amidine groups is 1. The maximum Gasteiger partial charge on any atom is 0.309 e. The molecule has 1 fully saturated rings. The van der Waals surface area contributed by atoms with E-state index in [1.54, 1.807) is 0 Å². The van der Waals surface area contributed by atoms with Gasteiger partial charge in [-0.2, -0.15) is 10.1 Å². The number of benzene rings is 2. The number of ether oxygens (including phenoxy) is 2. The van der Waals surface area contributed by atoms with Gasteiger partial charge < -0.3 is 14.4 Å². The Bertz CT molecular complexity index is 1390. The summed E-state index contributed by atoms with van der Waals surface area (Å²) in [6, 6.07) is 17.8. The zero-order chi connectivity index (χ0) is 27.2. The molecule has 1 saturated heterocycles. The van der Waals surface area contributed by atoms with Crippen LogP contribution in [0.1, 0.15) is 38.7 Å². The number of hydrogen-bond donors (Lipinski definition) is 0. The van der Waals surface area contributed by atoms with Crippen LogP contribution in [0.3, 0.4) is 0 Å². The third kappa shape index (κ3) is 6.25. The molecule has 0 bridgehead atoms. The van der Waals surface area contributed by atoms with Gasteiger partial charge in [-0.3, -0.25) is 9.59 Å². The maximum absolute atomic E-state index is 13.0. The van der Waals surface area contributed by atoms with Gasteiger partial charge in [0.1, 0.15) is 11.4 Å². The first-order valence-corrected chi connectivity index (χ1v) is 14.2. The first kappa shape index (κ1) is 26.7. The van der Waals surface area contributed by atoms with Crippen molar-refractivity contribution in [3.05, 3.63) is 71.3 Å². The van der Waals surface area contributed by atoms with Crippen molar-refractivity contribution in [3.8, 4) is 22.7 Å². The van der Waals surface area contributed by atoms with E-state index in [-0.39, 0.29) is 17.8 Å². The highest BCUT2D eigenvalue weighted by Gasteiger charge is 2.32. The molecule has 0 saturated carbocycles. The van der Waals surface area contributed by atoms with E-state index in [0.717, 1.165) is 34.7 Å². The minimum atomic E-state index is -0.263. The summed E-state index contributed by atoms with van der Waals surface area (Å²) in [5.41, 5.74) is 3.40. The number of hydrogen-bond acceptors (Lipinski definition) is 7. The predicted molar refractivity (Wildman–Crippen MR) is 154 cm³/mol. The summed E-state index contributed by atoms with van der Waals surface area (Å²) >= 11 is 1.37. The highest BCUT2D eigenvalue weighted by atomic mass is 32.2. The largest absolute Gasteiger partial charge is 0.494 e. The van der Waals surface area contributed by atoms with E-state index < -0.39 is 0 Å². The number of piperidine rings is 1. The first-order valence-electron chi connectivity index (χ1n) is 13.4. The molecule has 2 aliphatic rings. The Hall–Kier alpha value is -3.85. The molecule has 8 nitrogen and oxygen atoms in total. The number of carbonyl (C=O) groups is 2. The first-order chi connectivity index (χ1) is 19.1. The van der Waals surface area contributed by atoms with E-state index in [9.17, 15) is 9.59 Å². The van der Waals surface area contributed by atoms with Crippen LogP contribution in [0.5, 0.6) is 5.75 Å². The molecular formula is C30H32N4O4S. The van der Waals surface area contributed by atoms with Crippen LogP contribution in [0, 0.1) is 5.92 Å². The van der Waals surface area contributed by atoms with E-state index >= 15 is 0 Å². The number of carbonyl (C=O) groups excluding carboxylic acids is 2. The van der Waals surface area contributed by atoms with Gasteiger partial charge in [-0.05, 0) is 68.3 Å². The summed E-state index contributed by atoms with van der Waals surface area (Å²) in [7, 11) is 0. The summed E-state index contributed by atoms with van der Waals surface area (Å²) in [5.74, 6) is 0.288. The number of aromatic nitrogens is 2. The minimum absolute atomic E-state index is 0.0950. The number of nitrogens with zero attached hydrogens (tertiary/aromatic N) is 4. The third-order valence-electron chi connectivity index (χ3n) is 6.62. The zero-order valence-corrected chi connectivity index (χ0v) is 23.0. The molecule has 0 spiro atoms. The zero-order valence-electron chi connectivity index (χ0n) is 22.2. The third-order valence-corrected chi connectivity index (χ3v) is 7.67. The van der Waals surface area contributed by atoms with Crippen molar-refractivity contribution in [2.24, 2.45) is 10.9 Å². The van der Waals surface area contributed by atoms with Crippen LogP contribution in [0.4, 0.5) is 0 Å². The van der Waals surface area contributed by atoms with Crippen molar-refractivity contribution in [2.75, 3.05) is 26.3 Å². The Kier molecular flexibility index (Phi) is 8.46. The van der Waals surface area contributed by atoms with Crippen molar-refractivity contribution < 1.29 is 19.1 Å². The van der Waals surface area contributed by atoms with Gasteiger partial charge in [0.15, 0.2) is 5.17 Å². The standard InChI is InChI=1S/C30H32N4O4S/c1-3-17-38-25-12-8-9-22(18-25)27-23(20-34(32-27)24-10-6-5-7-11-24)19-26-28(35)31-30(39-26)33-15-13-21(14-16-33)29(36)37-4-2/h5-12,18-21H,3-4,13-17H2,1-2H3. The average Bonchev–Trinajstić information content (AvgIpc) is 3.56. The van der Waals surface area contributed by atoms with Crippen LogP contribution in [-0.2, 0) is 14.3 Å². The van der Waals surface area contributed by atoms with Crippen molar-refractivity contribution in [1.82, 2.24) is 14.7 Å². The van der Waals surface area contributed by atoms with Crippen molar-refractivity contribution >= 4 is 34.9 Å². The number of rotatable bonds is 8. The summed E-state index contributed by atoms with van der Waals surface area (Å²) in [5, 5.41) is 5.57. The summed E-state index contributed by atoms with van der Waals surface area (Å²) in [6.45, 7) is 6.26. The fraction of sp³-hybridized carbons (Fsp3) is 0.333. The summed E-state index contributed by atoms with van der Waals surface area (Å²) < 4.78 is 12.9. The molecule has 3 heterocycles. The number of likely N-dealkylation sites (tertiary alicyclic amines) is 1. The molecular weight excluding hydrogens is 512 g/mol. The maximum atomic E-state index is 13.0. The Morgan fingerprint density at radius 2 is 1.90 bits per heavy atom. The fourth-order valence-electron chi connectivity index (χ4n) is 4.62. The van der Waals surface area contributed by atoms with E-state index in [1.807, 2.05) is 78.5 Å². The second kappa shape index (κ2) is 12.3. The molecule has 0 N–H and O–H groups in total. The van der Waals surface area contributed by atoms with Gasteiger partial charge in [-0.1, -0.05) is 37.3 Å². The molecule has 9 heteroatoms. The van der Waals surface area contributed by atoms with Gasteiger partial charge in [-0.15, -0.1) is 0 Å². The van der Waals surface area contributed by atoms with Crippen LogP contribution in [-0.4, -0.2) is 58.0 Å². The highest BCUT2D eigenvalue weighted by Crippen LogP contribution is 2.35. The van der Waals surface area contributed by atoms with Crippen LogP contribution in [0.2, 0.25) is 0 Å². The van der Waals surface area contributed by atoms with Gasteiger partial charge in [-0.25, -0.2) is 4.68 Å². The lowest BCUT2D eigenvalue weighted by molar-refractivity contribution is -0.149. The number of esters is 1. The Labute approximate surface area is 232 Å². The average molecular weight is 545 g/mol. The predicted octanol–water partition coefficient (Wildman–Crippen LogP) is 5.57. The van der Waals surface area contributed by atoms with Crippen molar-refractivity contribution in [1.29, 1.82) is 0 Å². The molecule has 1 aromatic heterocycles. The van der Waals surface area contributed by atoms with E-state index in [1.165, 1.54) is 11.8 Å². The van der Waals surface area contributed by atoms with Crippen LogP contribution < -0.4 is 4.74 Å². The quantitative estimate of drug-likeness (QED) is 0.271. The monoisotopic (exact) mass is 544 g/mol. The lowest BCUT2D eigenvalue weighted by Gasteiger charge is -2.31. The Morgan fingerprint density at radius 3 is 2.64 bits per heavy atom. The molecule has 0 aliphatic carbocycles. The van der Waals surface area contributed by atoms with Crippen LogP contribution in [0.15, 0.2) is 70.7 Å². The Balaban J connectivity index is 1.39. The number of aliphatic imine (C=N–C) groups is 1. The molecule has 0 atom stereocenters. The second-order valence-electron chi connectivity index (χ2n) is 9.41. The topological polar surface area (TPSA) is 86.0 Å².